The summed E-state index contributed by atoms with van der Waals surface area (Å²) < 4.78 is 26.0. The summed E-state index contributed by atoms with van der Waals surface area (Å²) in [6, 6.07) is 6.59. The number of carbonyl (C=O) groups is 1. The fraction of sp³-hybridized carbons (Fsp3) is 0.267. The fourth-order valence-corrected chi connectivity index (χ4v) is 2.32. The molecular weight excluding hydrogens is 290 g/mol. The van der Waals surface area contributed by atoms with Crippen molar-refractivity contribution < 1.29 is 13.6 Å². The molecule has 2 aromatic rings. The van der Waals surface area contributed by atoms with Crippen LogP contribution in [0.3, 0.4) is 0 Å². The van der Waals surface area contributed by atoms with Crippen molar-refractivity contribution in [3.63, 3.8) is 0 Å². The molecule has 3 rings (SSSR count). The molecular formula is C15H14F2N4O. The molecule has 1 aromatic carbocycles. The van der Waals surface area contributed by atoms with Gasteiger partial charge < -0.3 is 10.2 Å². The first-order chi connectivity index (χ1) is 10.6. The van der Waals surface area contributed by atoms with E-state index in [1.54, 1.807) is 17.0 Å². The van der Waals surface area contributed by atoms with Crippen LogP contribution in [0.5, 0.6) is 0 Å². The maximum atomic E-state index is 13.1. The van der Waals surface area contributed by atoms with Crippen LogP contribution < -0.4 is 5.32 Å². The zero-order valence-corrected chi connectivity index (χ0v) is 11.7. The van der Waals surface area contributed by atoms with Crippen LogP contribution in [0, 0.1) is 11.6 Å². The Morgan fingerprint density at radius 3 is 2.45 bits per heavy atom. The first-order valence-corrected chi connectivity index (χ1v) is 6.98. The molecule has 1 aliphatic rings. The van der Waals surface area contributed by atoms with Gasteiger partial charge in [-0.15, -0.1) is 10.2 Å². The van der Waals surface area contributed by atoms with Gasteiger partial charge in [0.2, 0.25) is 0 Å². The largest absolute Gasteiger partial charge is 0.339 e. The molecule has 1 saturated heterocycles. The average Bonchev–Trinajstić information content (AvgIpc) is 3.05. The Balaban J connectivity index is 1.70. The number of aromatic nitrogens is 2. The molecule has 1 fully saturated rings. The van der Waals surface area contributed by atoms with Gasteiger partial charge in [-0.2, -0.15) is 0 Å². The molecule has 1 aromatic heterocycles. The highest BCUT2D eigenvalue weighted by molar-refractivity contribution is 5.92. The second-order valence-corrected chi connectivity index (χ2v) is 5.06. The summed E-state index contributed by atoms with van der Waals surface area (Å²) in [5, 5.41) is 10.6. The van der Waals surface area contributed by atoms with Gasteiger partial charge in [-0.3, -0.25) is 4.79 Å². The maximum Gasteiger partial charge on any atom is 0.274 e. The van der Waals surface area contributed by atoms with Gasteiger partial charge in [0.25, 0.3) is 5.91 Å². The van der Waals surface area contributed by atoms with E-state index >= 15 is 0 Å². The van der Waals surface area contributed by atoms with Gasteiger partial charge in [0.1, 0.15) is 0 Å². The summed E-state index contributed by atoms with van der Waals surface area (Å²) in [5.74, 6) is -1.64. The minimum atomic E-state index is -0.946. The number of nitrogens with zero attached hydrogens (tertiary/aromatic N) is 3. The highest BCUT2D eigenvalue weighted by Crippen LogP contribution is 2.18. The van der Waals surface area contributed by atoms with Crippen LogP contribution >= 0.6 is 0 Å². The van der Waals surface area contributed by atoms with E-state index in [0.717, 1.165) is 38.1 Å². The Morgan fingerprint density at radius 1 is 1.05 bits per heavy atom. The quantitative estimate of drug-likeness (QED) is 0.947. The number of anilines is 2. The first kappa shape index (κ1) is 14.4. The Morgan fingerprint density at radius 2 is 1.82 bits per heavy atom. The third kappa shape index (κ3) is 3.03. The SMILES string of the molecule is O=C(c1ccc(Nc2ccc(F)c(F)c2)nn1)N1CCCC1. The van der Waals surface area contributed by atoms with Gasteiger partial charge in [0.15, 0.2) is 23.1 Å². The minimum Gasteiger partial charge on any atom is -0.339 e. The number of likely N-dealkylation sites (tertiary alicyclic amines) is 1. The molecule has 0 unspecified atom stereocenters. The van der Waals surface area contributed by atoms with Crippen molar-refractivity contribution in [1.82, 2.24) is 15.1 Å². The summed E-state index contributed by atoms with van der Waals surface area (Å²) >= 11 is 0. The first-order valence-electron chi connectivity index (χ1n) is 6.98. The van der Waals surface area contributed by atoms with Crippen molar-refractivity contribution >= 4 is 17.4 Å². The molecule has 22 heavy (non-hydrogen) atoms. The maximum absolute atomic E-state index is 13.1. The topological polar surface area (TPSA) is 58.1 Å². The summed E-state index contributed by atoms with van der Waals surface area (Å²) in [4.78, 5) is 13.9. The van der Waals surface area contributed by atoms with Crippen molar-refractivity contribution in [3.8, 4) is 0 Å². The summed E-state index contributed by atoms with van der Waals surface area (Å²) in [5.41, 5.74) is 0.629. The lowest BCUT2D eigenvalue weighted by molar-refractivity contribution is 0.0786. The van der Waals surface area contributed by atoms with Crippen molar-refractivity contribution in [3.05, 3.63) is 47.7 Å². The summed E-state index contributed by atoms with van der Waals surface area (Å²) in [6.07, 6.45) is 2.02. The van der Waals surface area contributed by atoms with E-state index in [1.807, 2.05) is 0 Å². The normalized spacial score (nSPS) is 14.2. The number of benzene rings is 1. The number of halogens is 2. The van der Waals surface area contributed by atoms with Gasteiger partial charge in [0, 0.05) is 24.8 Å². The molecule has 2 heterocycles. The number of hydrogen-bond donors (Lipinski definition) is 1. The monoisotopic (exact) mass is 304 g/mol. The van der Waals surface area contributed by atoms with Gasteiger partial charge in [0.05, 0.1) is 0 Å². The molecule has 0 saturated carbocycles. The van der Waals surface area contributed by atoms with E-state index in [-0.39, 0.29) is 11.6 Å². The summed E-state index contributed by atoms with van der Waals surface area (Å²) in [7, 11) is 0. The Bertz CT molecular complexity index is 684. The Kier molecular flexibility index (Phi) is 3.95. The van der Waals surface area contributed by atoms with Crippen LogP contribution in [-0.4, -0.2) is 34.1 Å². The molecule has 114 valence electrons. The Hall–Kier alpha value is -2.57. The second-order valence-electron chi connectivity index (χ2n) is 5.06. The molecule has 1 aliphatic heterocycles. The number of hydrogen-bond acceptors (Lipinski definition) is 4. The highest BCUT2D eigenvalue weighted by atomic mass is 19.2. The van der Waals surface area contributed by atoms with Crippen molar-refractivity contribution in [2.24, 2.45) is 0 Å². The molecule has 5 nitrogen and oxygen atoms in total. The molecule has 0 atom stereocenters. The van der Waals surface area contributed by atoms with Crippen LogP contribution in [0.4, 0.5) is 20.3 Å². The molecule has 0 aliphatic carbocycles. The van der Waals surface area contributed by atoms with Crippen molar-refractivity contribution in [2.75, 3.05) is 18.4 Å². The minimum absolute atomic E-state index is 0.135. The van der Waals surface area contributed by atoms with E-state index < -0.39 is 11.6 Å². The highest BCUT2D eigenvalue weighted by Gasteiger charge is 2.20. The predicted molar refractivity (Wildman–Crippen MR) is 76.8 cm³/mol. The Labute approximate surface area is 126 Å². The van der Waals surface area contributed by atoms with Gasteiger partial charge >= 0.3 is 0 Å². The van der Waals surface area contributed by atoms with E-state index in [1.165, 1.54) is 6.07 Å². The number of amides is 1. The zero-order chi connectivity index (χ0) is 15.5. The molecule has 0 bridgehead atoms. The molecule has 0 radical (unpaired) electrons. The van der Waals surface area contributed by atoms with E-state index in [9.17, 15) is 13.6 Å². The standard InChI is InChI=1S/C15H14F2N4O/c16-11-4-3-10(9-12(11)17)18-14-6-5-13(19-20-14)15(22)21-7-1-2-8-21/h3-6,9H,1-2,7-8H2,(H,18,20). The van der Waals surface area contributed by atoms with E-state index in [4.69, 9.17) is 0 Å². The van der Waals surface area contributed by atoms with Crippen LogP contribution in [-0.2, 0) is 0 Å². The van der Waals surface area contributed by atoms with Gasteiger partial charge in [-0.05, 0) is 37.1 Å². The average molecular weight is 304 g/mol. The molecule has 7 heteroatoms. The number of nitrogens with one attached hydrogen (secondary N) is 1. The zero-order valence-electron chi connectivity index (χ0n) is 11.7. The predicted octanol–water partition coefficient (Wildman–Crippen LogP) is 2.73. The van der Waals surface area contributed by atoms with Crippen LogP contribution in [0.15, 0.2) is 30.3 Å². The third-order valence-electron chi connectivity index (χ3n) is 3.47. The van der Waals surface area contributed by atoms with Crippen molar-refractivity contribution in [1.29, 1.82) is 0 Å². The fourth-order valence-electron chi connectivity index (χ4n) is 2.32. The third-order valence-corrected chi connectivity index (χ3v) is 3.47. The smallest absolute Gasteiger partial charge is 0.274 e. The molecule has 1 amide bonds. The lowest BCUT2D eigenvalue weighted by atomic mass is 10.3. The van der Waals surface area contributed by atoms with E-state index in [0.29, 0.717) is 11.5 Å². The number of rotatable bonds is 3. The lowest BCUT2D eigenvalue weighted by Gasteiger charge is -2.14. The second kappa shape index (κ2) is 6.05. The molecule has 1 N–H and O–H groups in total. The lowest BCUT2D eigenvalue weighted by Crippen LogP contribution is -2.28. The van der Waals surface area contributed by atoms with Crippen LogP contribution in [0.2, 0.25) is 0 Å². The van der Waals surface area contributed by atoms with Crippen LogP contribution in [0.25, 0.3) is 0 Å². The van der Waals surface area contributed by atoms with Gasteiger partial charge in [-0.1, -0.05) is 0 Å². The number of carbonyl (C=O) groups excluding carboxylic acids is 1. The van der Waals surface area contributed by atoms with Crippen LogP contribution in [0.1, 0.15) is 23.3 Å². The van der Waals surface area contributed by atoms with E-state index in [2.05, 4.69) is 15.5 Å². The van der Waals surface area contributed by atoms with Gasteiger partial charge in [-0.25, -0.2) is 8.78 Å². The summed E-state index contributed by atoms with van der Waals surface area (Å²) in [6.45, 7) is 1.49. The molecule has 0 spiro atoms. The van der Waals surface area contributed by atoms with Crippen molar-refractivity contribution in [2.45, 2.75) is 12.8 Å².